The minimum absolute atomic E-state index is 0.241. The van der Waals surface area contributed by atoms with Gasteiger partial charge in [-0.1, -0.05) is 42.5 Å². The number of nitrogens with one attached hydrogen (secondary N) is 1. The number of aliphatic carboxylic acids is 1. The fourth-order valence-corrected chi connectivity index (χ4v) is 3.69. The summed E-state index contributed by atoms with van der Waals surface area (Å²) in [7, 11) is 0. The van der Waals surface area contributed by atoms with Crippen molar-refractivity contribution in [2.75, 3.05) is 0 Å². The molecule has 0 saturated carbocycles. The maximum atomic E-state index is 12.9. The Balaban J connectivity index is 1.75. The van der Waals surface area contributed by atoms with Crippen LogP contribution in [0.3, 0.4) is 0 Å². The van der Waals surface area contributed by atoms with Gasteiger partial charge < -0.3 is 14.9 Å². The second-order valence-corrected chi connectivity index (χ2v) is 7.39. The SMILES string of the molecule is Cc1ccc2cc([C@H]3CC(c4ccccc4)=NN3C(=O)CCC(=O)[O-])c(=O)[nH]c2c1. The number of nitrogens with zero attached hydrogens (tertiary/aromatic N) is 2. The number of rotatable bonds is 5. The summed E-state index contributed by atoms with van der Waals surface area (Å²) in [4.78, 5) is 39.3. The lowest BCUT2D eigenvalue weighted by atomic mass is 9.98. The van der Waals surface area contributed by atoms with Crippen LogP contribution in [0.5, 0.6) is 0 Å². The molecule has 0 bridgehead atoms. The Bertz CT molecular complexity index is 1210. The molecule has 0 spiro atoms. The highest BCUT2D eigenvalue weighted by Gasteiger charge is 2.34. The van der Waals surface area contributed by atoms with Gasteiger partial charge in [-0.25, -0.2) is 5.01 Å². The summed E-state index contributed by atoms with van der Waals surface area (Å²) in [6.45, 7) is 1.94. The smallest absolute Gasteiger partial charge is 0.253 e. The predicted molar refractivity (Wildman–Crippen MR) is 111 cm³/mol. The highest BCUT2D eigenvalue weighted by atomic mass is 16.4. The molecule has 7 nitrogen and oxygen atoms in total. The lowest BCUT2D eigenvalue weighted by Crippen LogP contribution is -2.32. The molecule has 30 heavy (non-hydrogen) atoms. The van der Waals surface area contributed by atoms with Crippen molar-refractivity contribution in [2.45, 2.75) is 32.2 Å². The minimum atomic E-state index is -1.30. The second-order valence-electron chi connectivity index (χ2n) is 7.39. The maximum absolute atomic E-state index is 12.9. The Hall–Kier alpha value is -3.74. The van der Waals surface area contributed by atoms with E-state index in [9.17, 15) is 19.5 Å². The quantitative estimate of drug-likeness (QED) is 0.705. The van der Waals surface area contributed by atoms with Gasteiger partial charge in [-0.3, -0.25) is 9.59 Å². The molecule has 1 aliphatic rings. The monoisotopic (exact) mass is 402 g/mol. The van der Waals surface area contributed by atoms with Crippen molar-refractivity contribution in [3.05, 3.63) is 81.6 Å². The largest absolute Gasteiger partial charge is 0.550 e. The van der Waals surface area contributed by atoms with Crippen molar-refractivity contribution in [3.8, 4) is 0 Å². The first-order chi connectivity index (χ1) is 14.4. The van der Waals surface area contributed by atoms with E-state index in [-0.39, 0.29) is 12.0 Å². The van der Waals surface area contributed by atoms with Gasteiger partial charge in [0.15, 0.2) is 0 Å². The van der Waals surface area contributed by atoms with E-state index in [1.807, 2.05) is 55.5 Å². The van der Waals surface area contributed by atoms with E-state index in [1.54, 1.807) is 6.07 Å². The molecule has 2 heterocycles. The molecular formula is C23H20N3O4-. The fourth-order valence-electron chi connectivity index (χ4n) is 3.69. The van der Waals surface area contributed by atoms with E-state index in [0.29, 0.717) is 17.7 Å². The Morgan fingerprint density at radius 1 is 1.13 bits per heavy atom. The van der Waals surface area contributed by atoms with Crippen molar-refractivity contribution in [1.29, 1.82) is 0 Å². The van der Waals surface area contributed by atoms with Crippen LogP contribution in [-0.4, -0.2) is 27.6 Å². The number of amides is 1. The van der Waals surface area contributed by atoms with Gasteiger partial charge in [0.25, 0.3) is 5.56 Å². The number of hydrogen-bond donors (Lipinski definition) is 1. The number of benzene rings is 2. The Morgan fingerprint density at radius 3 is 2.63 bits per heavy atom. The van der Waals surface area contributed by atoms with E-state index in [4.69, 9.17) is 0 Å². The molecule has 1 atom stereocenters. The third-order valence-corrected chi connectivity index (χ3v) is 5.21. The number of carboxylic acid groups (broad SMARTS) is 1. The van der Waals surface area contributed by atoms with Gasteiger partial charge in [0.2, 0.25) is 5.91 Å². The van der Waals surface area contributed by atoms with Crippen LogP contribution in [0.25, 0.3) is 10.9 Å². The minimum Gasteiger partial charge on any atom is -0.550 e. The van der Waals surface area contributed by atoms with Crippen LogP contribution in [-0.2, 0) is 9.59 Å². The highest BCUT2D eigenvalue weighted by Crippen LogP contribution is 2.32. The zero-order valence-electron chi connectivity index (χ0n) is 16.4. The van der Waals surface area contributed by atoms with E-state index in [1.165, 1.54) is 5.01 Å². The summed E-state index contributed by atoms with van der Waals surface area (Å²) in [6, 6.07) is 16.3. The van der Waals surface area contributed by atoms with Gasteiger partial charge >= 0.3 is 0 Å². The van der Waals surface area contributed by atoms with Crippen LogP contribution >= 0.6 is 0 Å². The van der Waals surface area contributed by atoms with Gasteiger partial charge in [-0.15, -0.1) is 0 Å². The summed E-state index contributed by atoms with van der Waals surface area (Å²) in [5, 5.41) is 17.4. The van der Waals surface area contributed by atoms with E-state index < -0.39 is 24.3 Å². The summed E-state index contributed by atoms with van der Waals surface area (Å²) < 4.78 is 0. The molecule has 152 valence electrons. The molecule has 7 heteroatoms. The molecule has 0 radical (unpaired) electrons. The van der Waals surface area contributed by atoms with Gasteiger partial charge in [-0.05, 0) is 42.0 Å². The first kappa shape index (κ1) is 19.6. The molecule has 0 unspecified atom stereocenters. The number of aryl methyl sites for hydroxylation is 1. The average Bonchev–Trinajstić information content (AvgIpc) is 3.17. The maximum Gasteiger partial charge on any atom is 0.253 e. The highest BCUT2D eigenvalue weighted by molar-refractivity contribution is 6.03. The van der Waals surface area contributed by atoms with Crippen LogP contribution in [0.1, 0.15) is 42.0 Å². The molecule has 1 aliphatic heterocycles. The topological polar surface area (TPSA) is 106 Å². The molecule has 3 aromatic rings. The third kappa shape index (κ3) is 3.87. The van der Waals surface area contributed by atoms with Crippen LogP contribution in [0.2, 0.25) is 0 Å². The average molecular weight is 402 g/mol. The molecule has 0 aliphatic carbocycles. The molecular weight excluding hydrogens is 382 g/mol. The number of carbonyl (C=O) groups is 2. The van der Waals surface area contributed by atoms with Gasteiger partial charge in [0.1, 0.15) is 0 Å². The summed E-state index contributed by atoms with van der Waals surface area (Å²) in [5.74, 6) is -1.76. The molecule has 0 fully saturated rings. The molecule has 1 amide bonds. The summed E-state index contributed by atoms with van der Waals surface area (Å²) in [6.07, 6.45) is -0.276. The summed E-state index contributed by atoms with van der Waals surface area (Å²) in [5.41, 5.74) is 3.40. The number of carbonyl (C=O) groups excluding carboxylic acids is 2. The number of hydrazone groups is 1. The first-order valence-electron chi connectivity index (χ1n) is 9.71. The van der Waals surface area contributed by atoms with Gasteiger partial charge in [0.05, 0.1) is 11.8 Å². The van der Waals surface area contributed by atoms with Crippen molar-refractivity contribution in [1.82, 2.24) is 9.99 Å². The molecule has 4 rings (SSSR count). The standard InChI is InChI=1S/C23H21N3O4/c1-14-7-8-16-12-17(23(30)24-18(16)11-14)20-13-19(15-5-3-2-4-6-15)25-26(20)21(27)9-10-22(28)29/h2-8,11-12,20H,9-10,13H2,1H3,(H,24,30)(H,28,29)/p-1/t20-/m1/s1. The zero-order chi connectivity index (χ0) is 21.3. The summed E-state index contributed by atoms with van der Waals surface area (Å²) >= 11 is 0. The number of pyridine rings is 1. The number of aromatic amines is 1. The van der Waals surface area contributed by atoms with Crippen molar-refractivity contribution < 1.29 is 14.7 Å². The number of carboxylic acids is 1. The third-order valence-electron chi connectivity index (χ3n) is 5.21. The Labute approximate surface area is 172 Å². The number of hydrogen-bond acceptors (Lipinski definition) is 5. The normalized spacial score (nSPS) is 16.0. The van der Waals surface area contributed by atoms with Gasteiger partial charge in [-0.2, -0.15) is 5.10 Å². The Morgan fingerprint density at radius 2 is 1.90 bits per heavy atom. The van der Waals surface area contributed by atoms with Gasteiger partial charge in [0, 0.05) is 29.9 Å². The van der Waals surface area contributed by atoms with Crippen LogP contribution in [0, 0.1) is 6.92 Å². The van der Waals surface area contributed by atoms with E-state index in [0.717, 1.165) is 22.0 Å². The van der Waals surface area contributed by atoms with Crippen molar-refractivity contribution in [2.24, 2.45) is 5.10 Å². The van der Waals surface area contributed by atoms with Crippen molar-refractivity contribution in [3.63, 3.8) is 0 Å². The van der Waals surface area contributed by atoms with Crippen LogP contribution in [0.4, 0.5) is 0 Å². The lowest BCUT2D eigenvalue weighted by Gasteiger charge is -2.22. The number of H-pyrrole nitrogens is 1. The first-order valence-corrected chi connectivity index (χ1v) is 9.71. The number of fused-ring (bicyclic) bond motifs is 1. The lowest BCUT2D eigenvalue weighted by molar-refractivity contribution is -0.305. The van der Waals surface area contributed by atoms with Crippen LogP contribution in [0.15, 0.2) is 64.5 Å². The van der Waals surface area contributed by atoms with Crippen LogP contribution < -0.4 is 10.7 Å². The van der Waals surface area contributed by atoms with E-state index >= 15 is 0 Å². The molecule has 1 aromatic heterocycles. The predicted octanol–water partition coefficient (Wildman–Crippen LogP) is 2.04. The molecule has 2 aromatic carbocycles. The second kappa shape index (κ2) is 7.94. The molecule has 1 N–H and O–H groups in total. The van der Waals surface area contributed by atoms with Crippen molar-refractivity contribution >= 4 is 28.5 Å². The number of aromatic nitrogens is 1. The fraction of sp³-hybridized carbons (Fsp3) is 0.217. The zero-order valence-corrected chi connectivity index (χ0v) is 16.4. The Kier molecular flexibility index (Phi) is 5.18. The van der Waals surface area contributed by atoms with E-state index in [2.05, 4.69) is 10.1 Å². The molecule has 0 saturated heterocycles.